The Balaban J connectivity index is 1.42. The molecule has 0 radical (unpaired) electrons. The predicted octanol–water partition coefficient (Wildman–Crippen LogP) is 3.11. The number of sulfone groups is 1. The van der Waals surface area contributed by atoms with E-state index in [9.17, 15) is 13.2 Å². The first-order chi connectivity index (χ1) is 15.0. The fraction of sp³-hybridized carbons (Fsp3) is 0.182. The molecule has 0 spiro atoms. The Morgan fingerprint density at radius 2 is 1.90 bits per heavy atom. The van der Waals surface area contributed by atoms with Gasteiger partial charge in [0.2, 0.25) is 11.9 Å². The molecule has 3 aromatic heterocycles. The lowest BCUT2D eigenvalue weighted by Crippen LogP contribution is -2.14. The number of nitrogens with zero attached hydrogens (tertiary/aromatic N) is 4. The summed E-state index contributed by atoms with van der Waals surface area (Å²) in [5, 5.41) is 7.08. The SMILES string of the molecule is O=C(Nc1nc2c(-c3ccc(S(=O)(=O)Cc4cccnc4)cc3)cccn2n1)C1CC1. The van der Waals surface area contributed by atoms with Gasteiger partial charge in [-0.25, -0.2) is 12.9 Å². The zero-order valence-electron chi connectivity index (χ0n) is 16.5. The van der Waals surface area contributed by atoms with E-state index in [2.05, 4.69) is 20.4 Å². The van der Waals surface area contributed by atoms with Crippen LogP contribution >= 0.6 is 0 Å². The molecule has 31 heavy (non-hydrogen) atoms. The van der Waals surface area contributed by atoms with Gasteiger partial charge < -0.3 is 0 Å². The van der Waals surface area contributed by atoms with E-state index < -0.39 is 9.84 Å². The highest BCUT2D eigenvalue weighted by Gasteiger charge is 2.30. The van der Waals surface area contributed by atoms with E-state index in [4.69, 9.17) is 0 Å². The van der Waals surface area contributed by atoms with Gasteiger partial charge in [0.15, 0.2) is 15.5 Å². The molecule has 1 N–H and O–H groups in total. The minimum atomic E-state index is -3.49. The molecule has 1 fully saturated rings. The Morgan fingerprint density at radius 1 is 1.10 bits per heavy atom. The highest BCUT2D eigenvalue weighted by atomic mass is 32.2. The van der Waals surface area contributed by atoms with Gasteiger partial charge in [-0.15, -0.1) is 5.10 Å². The van der Waals surface area contributed by atoms with Crippen molar-refractivity contribution in [3.05, 3.63) is 72.7 Å². The molecule has 0 atom stereocenters. The highest BCUT2D eigenvalue weighted by Crippen LogP contribution is 2.30. The molecule has 3 heterocycles. The number of carbonyl (C=O) groups is 1. The molecule has 8 nitrogen and oxygen atoms in total. The Bertz CT molecular complexity index is 1360. The fourth-order valence-corrected chi connectivity index (χ4v) is 4.70. The number of fused-ring (bicyclic) bond motifs is 1. The van der Waals surface area contributed by atoms with E-state index in [0.29, 0.717) is 11.2 Å². The maximum Gasteiger partial charge on any atom is 0.249 e. The van der Waals surface area contributed by atoms with Crippen LogP contribution in [0.5, 0.6) is 0 Å². The summed E-state index contributed by atoms with van der Waals surface area (Å²) in [7, 11) is -3.49. The van der Waals surface area contributed by atoms with Crippen LogP contribution in [0.15, 0.2) is 72.0 Å². The first-order valence-electron chi connectivity index (χ1n) is 9.88. The third-order valence-corrected chi connectivity index (χ3v) is 6.85. The number of aromatic nitrogens is 4. The van der Waals surface area contributed by atoms with Gasteiger partial charge in [0, 0.05) is 30.1 Å². The van der Waals surface area contributed by atoms with Crippen LogP contribution < -0.4 is 5.32 Å². The van der Waals surface area contributed by atoms with Crippen LogP contribution in [0, 0.1) is 5.92 Å². The predicted molar refractivity (Wildman–Crippen MR) is 115 cm³/mol. The molecule has 0 saturated heterocycles. The summed E-state index contributed by atoms with van der Waals surface area (Å²) in [6, 6.07) is 13.9. The van der Waals surface area contributed by atoms with Crippen LogP contribution in [0.2, 0.25) is 0 Å². The molecule has 1 aromatic carbocycles. The average molecular weight is 433 g/mol. The van der Waals surface area contributed by atoms with Gasteiger partial charge in [-0.05, 0) is 54.3 Å². The van der Waals surface area contributed by atoms with Crippen molar-refractivity contribution < 1.29 is 13.2 Å². The van der Waals surface area contributed by atoms with Crippen LogP contribution in [0.1, 0.15) is 18.4 Å². The first kappa shape index (κ1) is 19.4. The maximum absolute atomic E-state index is 12.7. The van der Waals surface area contributed by atoms with Crippen molar-refractivity contribution in [2.45, 2.75) is 23.5 Å². The number of amides is 1. The molecule has 4 aromatic rings. The molecule has 0 bridgehead atoms. The van der Waals surface area contributed by atoms with Crippen molar-refractivity contribution >= 4 is 27.3 Å². The summed E-state index contributed by atoms with van der Waals surface area (Å²) in [4.78, 5) is 20.7. The van der Waals surface area contributed by atoms with E-state index in [1.54, 1.807) is 59.5 Å². The second-order valence-electron chi connectivity index (χ2n) is 7.53. The van der Waals surface area contributed by atoms with Crippen molar-refractivity contribution in [1.29, 1.82) is 0 Å². The number of hydrogen-bond acceptors (Lipinski definition) is 6. The van der Waals surface area contributed by atoms with Crippen LogP contribution in [-0.2, 0) is 20.4 Å². The average Bonchev–Trinajstić information content (AvgIpc) is 3.54. The van der Waals surface area contributed by atoms with Gasteiger partial charge in [0.05, 0.1) is 10.6 Å². The molecule has 5 rings (SSSR count). The summed E-state index contributed by atoms with van der Waals surface area (Å²) < 4.78 is 27.1. The number of nitrogens with one attached hydrogen (secondary N) is 1. The number of pyridine rings is 2. The van der Waals surface area contributed by atoms with E-state index in [0.717, 1.165) is 24.0 Å². The third-order valence-electron chi connectivity index (χ3n) is 5.15. The van der Waals surface area contributed by atoms with Gasteiger partial charge in [0.25, 0.3) is 0 Å². The molecule has 1 amide bonds. The largest absolute Gasteiger partial charge is 0.293 e. The number of rotatable bonds is 6. The molecule has 0 unspecified atom stereocenters. The lowest BCUT2D eigenvalue weighted by molar-refractivity contribution is -0.117. The topological polar surface area (TPSA) is 106 Å². The summed E-state index contributed by atoms with van der Waals surface area (Å²) in [6.45, 7) is 0. The minimum Gasteiger partial charge on any atom is -0.293 e. The van der Waals surface area contributed by atoms with E-state index in [-0.39, 0.29) is 28.4 Å². The van der Waals surface area contributed by atoms with E-state index in [1.807, 2.05) is 12.1 Å². The van der Waals surface area contributed by atoms with Crippen molar-refractivity contribution in [2.75, 3.05) is 5.32 Å². The zero-order chi connectivity index (χ0) is 21.4. The van der Waals surface area contributed by atoms with E-state index >= 15 is 0 Å². The minimum absolute atomic E-state index is 0.0550. The molecular formula is C22H19N5O3S. The van der Waals surface area contributed by atoms with Crippen LogP contribution in [-0.4, -0.2) is 33.9 Å². The Kier molecular flexibility index (Phi) is 4.74. The molecule has 0 aliphatic heterocycles. The third kappa shape index (κ3) is 4.04. The summed E-state index contributed by atoms with van der Waals surface area (Å²) in [5.74, 6) is 0.164. The monoisotopic (exact) mass is 433 g/mol. The van der Waals surface area contributed by atoms with Gasteiger partial charge >= 0.3 is 0 Å². The second kappa shape index (κ2) is 7.59. The fourth-order valence-electron chi connectivity index (χ4n) is 3.37. The Morgan fingerprint density at radius 3 is 2.61 bits per heavy atom. The standard InChI is InChI=1S/C22H19N5O3S/c28-21(17-5-6-17)25-22-24-20-19(4-2-12-27(20)26-22)16-7-9-18(10-8-16)31(29,30)14-15-3-1-11-23-13-15/h1-4,7-13,17H,5-6,14H2,(H,25,26,28). The summed E-state index contributed by atoms with van der Waals surface area (Å²) in [5.41, 5.74) is 2.82. The molecule has 9 heteroatoms. The van der Waals surface area contributed by atoms with Crippen LogP contribution in [0.25, 0.3) is 16.8 Å². The van der Waals surface area contributed by atoms with Crippen molar-refractivity contribution in [2.24, 2.45) is 5.92 Å². The van der Waals surface area contributed by atoms with Gasteiger partial charge in [-0.2, -0.15) is 4.98 Å². The smallest absolute Gasteiger partial charge is 0.249 e. The van der Waals surface area contributed by atoms with Gasteiger partial charge in [-0.3, -0.25) is 15.1 Å². The first-order valence-corrected chi connectivity index (χ1v) is 11.5. The molecular weight excluding hydrogens is 414 g/mol. The number of hydrogen-bond donors (Lipinski definition) is 1. The Hall–Kier alpha value is -3.59. The number of benzene rings is 1. The summed E-state index contributed by atoms with van der Waals surface area (Å²) >= 11 is 0. The zero-order valence-corrected chi connectivity index (χ0v) is 17.3. The normalized spacial score (nSPS) is 13.9. The highest BCUT2D eigenvalue weighted by molar-refractivity contribution is 7.90. The molecule has 1 aliphatic rings. The van der Waals surface area contributed by atoms with E-state index in [1.165, 1.54) is 0 Å². The van der Waals surface area contributed by atoms with Gasteiger partial charge in [0.1, 0.15) is 0 Å². The van der Waals surface area contributed by atoms with Crippen LogP contribution in [0.4, 0.5) is 5.95 Å². The van der Waals surface area contributed by atoms with Gasteiger partial charge in [-0.1, -0.05) is 18.2 Å². The maximum atomic E-state index is 12.7. The van der Waals surface area contributed by atoms with Crippen molar-refractivity contribution in [3.63, 3.8) is 0 Å². The quantitative estimate of drug-likeness (QED) is 0.501. The molecule has 1 saturated carbocycles. The molecule has 1 aliphatic carbocycles. The van der Waals surface area contributed by atoms with Crippen LogP contribution in [0.3, 0.4) is 0 Å². The number of carbonyl (C=O) groups excluding carboxylic acids is 1. The number of anilines is 1. The molecule has 156 valence electrons. The van der Waals surface area contributed by atoms with Crippen molar-refractivity contribution in [1.82, 2.24) is 19.6 Å². The lowest BCUT2D eigenvalue weighted by Gasteiger charge is -2.07. The van der Waals surface area contributed by atoms with Crippen molar-refractivity contribution in [3.8, 4) is 11.1 Å². The summed E-state index contributed by atoms with van der Waals surface area (Å²) in [6.07, 6.45) is 6.72. The Labute approximate surface area is 178 Å². The lowest BCUT2D eigenvalue weighted by atomic mass is 10.1. The second-order valence-corrected chi connectivity index (χ2v) is 9.52.